The first-order valence-corrected chi connectivity index (χ1v) is 12.0. The van der Waals surface area contributed by atoms with Gasteiger partial charge in [-0.15, -0.1) is 0 Å². The van der Waals surface area contributed by atoms with Gasteiger partial charge < -0.3 is 20.3 Å². The Hall–Kier alpha value is -3.09. The Labute approximate surface area is 204 Å². The summed E-state index contributed by atoms with van der Waals surface area (Å²) >= 11 is 5.98. The normalized spacial score (nSPS) is 15.5. The van der Waals surface area contributed by atoms with Gasteiger partial charge in [0.25, 0.3) is 0 Å². The van der Waals surface area contributed by atoms with Crippen molar-refractivity contribution in [3.05, 3.63) is 95.3 Å². The van der Waals surface area contributed by atoms with Crippen molar-refractivity contribution in [1.29, 1.82) is 0 Å². The van der Waals surface area contributed by atoms with E-state index in [1.54, 1.807) is 30.3 Å². The van der Waals surface area contributed by atoms with E-state index in [1.807, 2.05) is 24.3 Å². The van der Waals surface area contributed by atoms with Crippen molar-refractivity contribution in [1.82, 2.24) is 10.2 Å². The summed E-state index contributed by atoms with van der Waals surface area (Å²) in [6, 6.07) is 23.3. The van der Waals surface area contributed by atoms with E-state index < -0.39 is 0 Å². The molecule has 7 heteroatoms. The van der Waals surface area contributed by atoms with Gasteiger partial charge in [-0.2, -0.15) is 0 Å². The number of carbonyl (C=O) groups is 1. The smallest absolute Gasteiger partial charge is 0.319 e. The van der Waals surface area contributed by atoms with Crippen LogP contribution in [0.1, 0.15) is 30.9 Å². The lowest BCUT2D eigenvalue weighted by Crippen LogP contribution is -2.46. The summed E-state index contributed by atoms with van der Waals surface area (Å²) in [7, 11) is 0. The van der Waals surface area contributed by atoms with Crippen molar-refractivity contribution in [3.63, 3.8) is 0 Å². The second kappa shape index (κ2) is 11.9. The van der Waals surface area contributed by atoms with E-state index in [-0.39, 0.29) is 24.0 Å². The summed E-state index contributed by atoms with van der Waals surface area (Å²) in [5, 5.41) is 6.48. The molecule has 1 heterocycles. The molecule has 1 fully saturated rings. The Morgan fingerprint density at radius 3 is 2.47 bits per heavy atom. The van der Waals surface area contributed by atoms with Crippen LogP contribution in [0.3, 0.4) is 0 Å². The molecule has 0 aliphatic carbocycles. The number of hydrogen-bond donors (Lipinski definition) is 2. The fraction of sp³-hybridized carbons (Fsp3) is 0.296. The number of hydrogen-bond acceptors (Lipinski definition) is 3. The van der Waals surface area contributed by atoms with E-state index in [0.717, 1.165) is 44.5 Å². The highest BCUT2D eigenvalue weighted by molar-refractivity contribution is 6.30. The van der Waals surface area contributed by atoms with Gasteiger partial charge in [0.15, 0.2) is 0 Å². The Morgan fingerprint density at radius 1 is 1.03 bits per heavy atom. The minimum Gasteiger partial charge on any atom is -0.486 e. The molecule has 0 aromatic heterocycles. The number of urea groups is 1. The van der Waals surface area contributed by atoms with Crippen LogP contribution in [0, 0.1) is 5.82 Å². The van der Waals surface area contributed by atoms with Crippen LogP contribution in [0.25, 0.3) is 0 Å². The summed E-state index contributed by atoms with van der Waals surface area (Å²) in [6.07, 6.45) is 2.47. The summed E-state index contributed by atoms with van der Waals surface area (Å²) in [5.41, 5.74) is 1.77. The third-order valence-corrected chi connectivity index (χ3v) is 6.21. The molecule has 2 N–H and O–H groups in total. The molecule has 0 bridgehead atoms. The zero-order valence-electron chi connectivity index (χ0n) is 18.9. The first-order valence-electron chi connectivity index (χ1n) is 11.6. The van der Waals surface area contributed by atoms with E-state index in [4.69, 9.17) is 16.3 Å². The molecule has 1 unspecified atom stereocenters. The van der Waals surface area contributed by atoms with Crippen molar-refractivity contribution in [3.8, 4) is 5.75 Å². The second-order valence-electron chi connectivity index (χ2n) is 8.48. The van der Waals surface area contributed by atoms with E-state index in [9.17, 15) is 9.18 Å². The summed E-state index contributed by atoms with van der Waals surface area (Å²) < 4.78 is 19.5. The zero-order valence-corrected chi connectivity index (χ0v) is 19.7. The van der Waals surface area contributed by atoms with Crippen molar-refractivity contribution < 1.29 is 13.9 Å². The van der Waals surface area contributed by atoms with E-state index in [1.165, 1.54) is 12.1 Å². The summed E-state index contributed by atoms with van der Waals surface area (Å²) in [6.45, 7) is 2.68. The molecule has 0 saturated carbocycles. The van der Waals surface area contributed by atoms with Crippen molar-refractivity contribution in [2.45, 2.75) is 31.4 Å². The van der Waals surface area contributed by atoms with Gasteiger partial charge in [0.2, 0.25) is 0 Å². The standard InChI is InChI=1S/C27H29ClFN3O2/c28-21-7-4-8-24(19-21)31-27(33)30-23-13-16-32(17-14-23)18-15-26(20-5-2-1-3-6-20)34-25-11-9-22(29)10-12-25/h1-12,19,23,26H,13-18H2,(H2,30,31,33). The minimum absolute atomic E-state index is 0.119. The average molecular weight is 482 g/mol. The van der Waals surface area contributed by atoms with Crippen molar-refractivity contribution in [2.75, 3.05) is 25.0 Å². The van der Waals surface area contributed by atoms with E-state index in [2.05, 4.69) is 27.7 Å². The number of likely N-dealkylation sites (tertiary alicyclic amines) is 1. The van der Waals surface area contributed by atoms with Gasteiger partial charge in [-0.1, -0.05) is 48.0 Å². The maximum atomic E-state index is 13.3. The summed E-state index contributed by atoms with van der Waals surface area (Å²) in [5.74, 6) is 0.380. The van der Waals surface area contributed by atoms with Gasteiger partial charge in [0.05, 0.1) is 0 Å². The predicted octanol–water partition coefficient (Wildman–Crippen LogP) is 6.28. The number of nitrogens with zero attached hydrogens (tertiary/aromatic N) is 1. The highest BCUT2D eigenvalue weighted by atomic mass is 35.5. The van der Waals surface area contributed by atoms with Gasteiger partial charge in [-0.05, 0) is 60.9 Å². The van der Waals surface area contributed by atoms with Crippen LogP contribution < -0.4 is 15.4 Å². The van der Waals surface area contributed by atoms with Crippen LogP contribution >= 0.6 is 11.6 Å². The number of piperidine rings is 1. The maximum absolute atomic E-state index is 13.3. The van der Waals surface area contributed by atoms with Gasteiger partial charge in [0.1, 0.15) is 17.7 Å². The van der Waals surface area contributed by atoms with Crippen molar-refractivity contribution >= 4 is 23.3 Å². The van der Waals surface area contributed by atoms with Gasteiger partial charge >= 0.3 is 6.03 Å². The van der Waals surface area contributed by atoms with Crippen LogP contribution in [-0.4, -0.2) is 36.6 Å². The van der Waals surface area contributed by atoms with Crippen LogP contribution in [0.5, 0.6) is 5.75 Å². The molecule has 0 radical (unpaired) electrons. The fourth-order valence-electron chi connectivity index (χ4n) is 4.16. The maximum Gasteiger partial charge on any atom is 0.319 e. The first kappa shape index (κ1) is 24.0. The number of rotatable bonds is 8. The molecule has 1 aliphatic rings. The highest BCUT2D eigenvalue weighted by Crippen LogP contribution is 2.26. The quantitative estimate of drug-likeness (QED) is 0.398. The topological polar surface area (TPSA) is 53.6 Å². The van der Waals surface area contributed by atoms with E-state index in [0.29, 0.717) is 16.5 Å². The lowest BCUT2D eigenvalue weighted by molar-refractivity contribution is 0.144. The van der Waals surface area contributed by atoms with Gasteiger partial charge in [0, 0.05) is 42.8 Å². The number of halogens is 2. The molecule has 0 spiro atoms. The molecule has 34 heavy (non-hydrogen) atoms. The van der Waals surface area contributed by atoms with E-state index >= 15 is 0 Å². The molecule has 3 aromatic carbocycles. The number of nitrogens with one attached hydrogen (secondary N) is 2. The van der Waals surface area contributed by atoms with Gasteiger partial charge in [-0.3, -0.25) is 0 Å². The third kappa shape index (κ3) is 7.20. The largest absolute Gasteiger partial charge is 0.486 e. The molecule has 178 valence electrons. The number of benzene rings is 3. The Morgan fingerprint density at radius 2 is 1.76 bits per heavy atom. The zero-order chi connectivity index (χ0) is 23.8. The molecule has 5 nitrogen and oxygen atoms in total. The molecule has 1 saturated heterocycles. The monoisotopic (exact) mass is 481 g/mol. The van der Waals surface area contributed by atoms with Crippen LogP contribution in [0.2, 0.25) is 5.02 Å². The molecular weight excluding hydrogens is 453 g/mol. The molecule has 1 atom stereocenters. The average Bonchev–Trinajstić information content (AvgIpc) is 2.84. The van der Waals surface area contributed by atoms with Crippen LogP contribution in [-0.2, 0) is 0 Å². The van der Waals surface area contributed by atoms with Crippen molar-refractivity contribution in [2.24, 2.45) is 0 Å². The number of anilines is 1. The lowest BCUT2D eigenvalue weighted by atomic mass is 10.0. The van der Waals surface area contributed by atoms with Crippen LogP contribution in [0.4, 0.5) is 14.9 Å². The predicted molar refractivity (Wildman–Crippen MR) is 134 cm³/mol. The third-order valence-electron chi connectivity index (χ3n) is 5.98. The Balaban J connectivity index is 1.25. The van der Waals surface area contributed by atoms with Crippen LogP contribution in [0.15, 0.2) is 78.9 Å². The first-order chi connectivity index (χ1) is 16.5. The molecule has 3 aromatic rings. The SMILES string of the molecule is O=C(Nc1cccc(Cl)c1)NC1CCN(CCC(Oc2ccc(F)cc2)c2ccccc2)CC1. The Kier molecular flexibility index (Phi) is 8.39. The molecular formula is C27H29ClFN3O2. The highest BCUT2D eigenvalue weighted by Gasteiger charge is 2.22. The number of ether oxygens (including phenoxy) is 1. The summed E-state index contributed by atoms with van der Waals surface area (Å²) in [4.78, 5) is 14.7. The molecule has 4 rings (SSSR count). The Bertz CT molecular complexity index is 1060. The second-order valence-corrected chi connectivity index (χ2v) is 8.92. The minimum atomic E-state index is -0.277. The van der Waals surface area contributed by atoms with Gasteiger partial charge in [-0.25, -0.2) is 9.18 Å². The molecule has 1 aliphatic heterocycles. The number of amides is 2. The number of carbonyl (C=O) groups excluding carboxylic acids is 1. The lowest BCUT2D eigenvalue weighted by Gasteiger charge is -2.33. The fourth-order valence-corrected chi connectivity index (χ4v) is 4.35. The molecule has 2 amide bonds.